The lowest BCUT2D eigenvalue weighted by atomic mass is 10.4. The van der Waals surface area contributed by atoms with Crippen LogP contribution in [0.5, 0.6) is 0 Å². The van der Waals surface area contributed by atoms with Crippen molar-refractivity contribution in [2.24, 2.45) is 5.14 Å². The van der Waals surface area contributed by atoms with E-state index in [1.165, 1.54) is 9.40 Å². The minimum Gasteiger partial charge on any atom is -0.216 e. The molecule has 2 aromatic rings. The van der Waals surface area contributed by atoms with Crippen molar-refractivity contribution in [3.8, 4) is 0 Å². The molecule has 0 spiro atoms. The highest BCUT2D eigenvalue weighted by Crippen LogP contribution is 2.29. The molecular weight excluding hydrogens is 240 g/mol. The van der Waals surface area contributed by atoms with Crippen LogP contribution in [0.4, 0.5) is 0 Å². The van der Waals surface area contributed by atoms with E-state index in [4.69, 9.17) is 5.14 Å². The Morgan fingerprint density at radius 3 is 2.86 bits per heavy atom. The van der Waals surface area contributed by atoms with Crippen LogP contribution < -0.4 is 9.86 Å². The van der Waals surface area contributed by atoms with E-state index >= 15 is 0 Å². The van der Waals surface area contributed by atoms with Gasteiger partial charge in [0.25, 0.3) is 10.2 Å². The molecule has 2 aromatic heterocycles. The molecule has 0 aliphatic heterocycles. The van der Waals surface area contributed by atoms with E-state index in [0.29, 0.717) is 0 Å². The summed E-state index contributed by atoms with van der Waals surface area (Å²) in [5.41, 5.74) is 0. The average molecular weight is 248 g/mol. The smallest absolute Gasteiger partial charge is 0.216 e. The van der Waals surface area contributed by atoms with Crippen LogP contribution in [0.2, 0.25) is 0 Å². The molecule has 3 N–H and O–H groups in total. The standard InChI is InChI=1S/C7H8N2O2S3/c8-14(10,11)9-4-5-3-7-6(13-5)1-2-12-7/h1-3,9H,4H2,(H2,8,10,11). The van der Waals surface area contributed by atoms with Crippen molar-refractivity contribution in [3.05, 3.63) is 22.4 Å². The molecular formula is C7H8N2O2S3. The molecule has 2 rings (SSSR count). The average Bonchev–Trinajstić information content (AvgIpc) is 2.56. The second-order valence-corrected chi connectivity index (χ2v) is 6.22. The van der Waals surface area contributed by atoms with Gasteiger partial charge in [0.1, 0.15) is 0 Å². The molecule has 14 heavy (non-hydrogen) atoms. The Bertz CT molecular complexity index is 512. The summed E-state index contributed by atoms with van der Waals surface area (Å²) in [7, 11) is -3.58. The van der Waals surface area contributed by atoms with E-state index in [1.807, 2.05) is 17.5 Å². The lowest BCUT2D eigenvalue weighted by molar-refractivity contribution is 0.583. The summed E-state index contributed by atoms with van der Waals surface area (Å²) in [5.74, 6) is 0. The molecule has 76 valence electrons. The normalized spacial score (nSPS) is 12.4. The molecule has 7 heteroatoms. The number of fused-ring (bicyclic) bond motifs is 1. The fourth-order valence-corrected chi connectivity index (χ4v) is 3.60. The fraction of sp³-hybridized carbons (Fsp3) is 0.143. The minimum absolute atomic E-state index is 0.269. The Kier molecular flexibility index (Phi) is 2.58. The van der Waals surface area contributed by atoms with E-state index in [2.05, 4.69) is 4.72 Å². The molecule has 0 aromatic carbocycles. The first kappa shape index (κ1) is 10.1. The summed E-state index contributed by atoms with van der Waals surface area (Å²) < 4.78 is 25.9. The topological polar surface area (TPSA) is 72.2 Å². The molecule has 2 heterocycles. The number of hydrogen-bond donors (Lipinski definition) is 2. The van der Waals surface area contributed by atoms with E-state index in [-0.39, 0.29) is 6.54 Å². The zero-order chi connectivity index (χ0) is 10.2. The van der Waals surface area contributed by atoms with Crippen LogP contribution in [-0.4, -0.2) is 8.42 Å². The summed E-state index contributed by atoms with van der Waals surface area (Å²) in [4.78, 5) is 0.973. The third-order valence-electron chi connectivity index (χ3n) is 1.64. The highest BCUT2D eigenvalue weighted by Gasteiger charge is 2.05. The zero-order valence-corrected chi connectivity index (χ0v) is 9.51. The summed E-state index contributed by atoms with van der Waals surface area (Å²) in [6.07, 6.45) is 0. The third-order valence-corrected chi connectivity index (χ3v) is 4.28. The summed E-state index contributed by atoms with van der Waals surface area (Å²) >= 11 is 3.22. The summed E-state index contributed by atoms with van der Waals surface area (Å²) in [5, 5.41) is 6.83. The lowest BCUT2D eigenvalue weighted by Crippen LogP contribution is -2.29. The minimum atomic E-state index is -3.58. The summed E-state index contributed by atoms with van der Waals surface area (Å²) in [6.45, 7) is 0.269. The van der Waals surface area contributed by atoms with Crippen molar-refractivity contribution in [1.29, 1.82) is 0 Å². The maximum atomic E-state index is 10.6. The van der Waals surface area contributed by atoms with E-state index in [9.17, 15) is 8.42 Å². The predicted octanol–water partition coefficient (Wildman–Crippen LogP) is 1.26. The van der Waals surface area contributed by atoms with Gasteiger partial charge in [0.15, 0.2) is 0 Å². The molecule has 4 nitrogen and oxygen atoms in total. The third kappa shape index (κ3) is 2.31. The zero-order valence-electron chi connectivity index (χ0n) is 7.06. The number of thiophene rings is 2. The first-order valence-corrected chi connectivity index (χ1v) is 7.02. The second kappa shape index (κ2) is 3.59. The Morgan fingerprint density at radius 1 is 1.43 bits per heavy atom. The van der Waals surface area contributed by atoms with Gasteiger partial charge in [-0.15, -0.1) is 22.7 Å². The molecule has 0 fully saturated rings. The largest absolute Gasteiger partial charge is 0.274 e. The summed E-state index contributed by atoms with van der Waals surface area (Å²) in [6, 6.07) is 3.99. The van der Waals surface area contributed by atoms with Gasteiger partial charge in [-0.1, -0.05) is 0 Å². The maximum Gasteiger partial charge on any atom is 0.274 e. The Morgan fingerprint density at radius 2 is 2.21 bits per heavy atom. The maximum absolute atomic E-state index is 10.6. The molecule has 0 aliphatic carbocycles. The van der Waals surface area contributed by atoms with Crippen molar-refractivity contribution in [2.75, 3.05) is 0 Å². The number of rotatable bonds is 3. The molecule has 0 aliphatic rings. The highest BCUT2D eigenvalue weighted by atomic mass is 32.2. The first-order valence-electron chi connectivity index (χ1n) is 3.78. The van der Waals surface area contributed by atoms with Crippen LogP contribution in [0.1, 0.15) is 4.88 Å². The van der Waals surface area contributed by atoms with E-state index < -0.39 is 10.2 Å². The SMILES string of the molecule is NS(=O)(=O)NCc1cc2sccc2s1. The molecule has 0 amide bonds. The van der Waals surface area contributed by atoms with Gasteiger partial charge in [-0.25, -0.2) is 5.14 Å². The van der Waals surface area contributed by atoms with Crippen molar-refractivity contribution < 1.29 is 8.42 Å². The lowest BCUT2D eigenvalue weighted by Gasteiger charge is -1.97. The fourth-order valence-electron chi connectivity index (χ4n) is 1.07. The van der Waals surface area contributed by atoms with Crippen LogP contribution in [0, 0.1) is 0 Å². The van der Waals surface area contributed by atoms with Gasteiger partial charge in [0, 0.05) is 20.8 Å². The monoisotopic (exact) mass is 248 g/mol. The quantitative estimate of drug-likeness (QED) is 0.858. The van der Waals surface area contributed by atoms with Gasteiger partial charge in [0.2, 0.25) is 0 Å². The number of hydrogen-bond acceptors (Lipinski definition) is 4. The van der Waals surface area contributed by atoms with Gasteiger partial charge in [0.05, 0.1) is 0 Å². The van der Waals surface area contributed by atoms with E-state index in [1.54, 1.807) is 22.7 Å². The van der Waals surface area contributed by atoms with Gasteiger partial charge in [-0.3, -0.25) is 0 Å². The van der Waals surface area contributed by atoms with Crippen molar-refractivity contribution >= 4 is 42.3 Å². The van der Waals surface area contributed by atoms with Gasteiger partial charge in [-0.2, -0.15) is 13.1 Å². The van der Waals surface area contributed by atoms with Crippen molar-refractivity contribution in [3.63, 3.8) is 0 Å². The molecule has 0 saturated heterocycles. The van der Waals surface area contributed by atoms with Gasteiger partial charge >= 0.3 is 0 Å². The Labute approximate surface area is 89.5 Å². The van der Waals surface area contributed by atoms with Crippen molar-refractivity contribution in [2.45, 2.75) is 6.54 Å². The highest BCUT2D eigenvalue weighted by molar-refractivity contribution is 7.87. The molecule has 0 atom stereocenters. The van der Waals surface area contributed by atoms with Gasteiger partial charge < -0.3 is 0 Å². The predicted molar refractivity (Wildman–Crippen MR) is 59.6 cm³/mol. The number of nitrogens with one attached hydrogen (secondary N) is 1. The number of nitrogens with two attached hydrogens (primary N) is 1. The van der Waals surface area contributed by atoms with Crippen LogP contribution >= 0.6 is 22.7 Å². The van der Waals surface area contributed by atoms with E-state index in [0.717, 1.165) is 4.88 Å². The van der Waals surface area contributed by atoms with Gasteiger partial charge in [-0.05, 0) is 17.5 Å². The van der Waals surface area contributed by atoms with Crippen LogP contribution in [-0.2, 0) is 16.8 Å². The van der Waals surface area contributed by atoms with Crippen LogP contribution in [0.15, 0.2) is 17.5 Å². The molecule has 0 bridgehead atoms. The van der Waals surface area contributed by atoms with Crippen LogP contribution in [0.3, 0.4) is 0 Å². The van der Waals surface area contributed by atoms with Crippen LogP contribution in [0.25, 0.3) is 9.40 Å². The Hall–Kier alpha value is -0.470. The Balaban J connectivity index is 2.16. The molecule has 0 radical (unpaired) electrons. The second-order valence-electron chi connectivity index (χ2n) is 2.73. The van der Waals surface area contributed by atoms with Crippen molar-refractivity contribution in [1.82, 2.24) is 4.72 Å². The molecule has 0 unspecified atom stereocenters. The molecule has 0 saturated carbocycles. The first-order chi connectivity index (χ1) is 6.54.